The van der Waals surface area contributed by atoms with Crippen LogP contribution in [-0.2, 0) is 5.41 Å². The van der Waals surface area contributed by atoms with Gasteiger partial charge in [0.25, 0.3) is 0 Å². The molecule has 0 bridgehead atoms. The van der Waals surface area contributed by atoms with E-state index in [9.17, 15) is 0 Å². The summed E-state index contributed by atoms with van der Waals surface area (Å²) < 4.78 is 0. The first kappa shape index (κ1) is 21.4. The van der Waals surface area contributed by atoms with Crippen molar-refractivity contribution < 1.29 is 0 Å². The molecule has 0 saturated carbocycles. The topological polar surface area (TPSA) is 0 Å². The van der Waals surface area contributed by atoms with E-state index in [4.69, 9.17) is 0 Å². The van der Waals surface area contributed by atoms with Crippen molar-refractivity contribution in [3.63, 3.8) is 0 Å². The van der Waals surface area contributed by atoms with E-state index in [0.717, 1.165) is 0 Å². The summed E-state index contributed by atoms with van der Waals surface area (Å²) in [5, 5.41) is 0. The van der Waals surface area contributed by atoms with Crippen LogP contribution in [0.25, 0.3) is 45.5 Å². The van der Waals surface area contributed by atoms with Crippen molar-refractivity contribution in [3.8, 4) is 33.4 Å². The lowest BCUT2D eigenvalue weighted by molar-refractivity contribution is 0.661. The molecule has 0 saturated heterocycles. The third-order valence-corrected chi connectivity index (χ3v) is 7.29. The number of hydrogen-bond donors (Lipinski definition) is 0. The van der Waals surface area contributed by atoms with Gasteiger partial charge >= 0.3 is 0 Å². The molecule has 0 N–H and O–H groups in total. The Balaban J connectivity index is 1.31. The molecule has 1 aliphatic rings. The van der Waals surface area contributed by atoms with E-state index < -0.39 is 0 Å². The van der Waals surface area contributed by atoms with E-state index in [1.807, 2.05) is 6.07 Å². The van der Waals surface area contributed by atoms with Gasteiger partial charge in [0.1, 0.15) is 0 Å². The third kappa shape index (κ3) is 3.92. The molecule has 1 aliphatic carbocycles. The molecular weight excluding hydrogens is 420 g/mol. The quantitative estimate of drug-likeness (QED) is 0.240. The van der Waals surface area contributed by atoms with Gasteiger partial charge in [-0.25, -0.2) is 0 Å². The maximum Gasteiger partial charge on any atom is 0.0159 e. The molecule has 0 atom stereocenters. The summed E-state index contributed by atoms with van der Waals surface area (Å²) in [5.74, 6) is 0. The van der Waals surface area contributed by atoms with Crippen molar-refractivity contribution in [2.45, 2.75) is 19.3 Å². The summed E-state index contributed by atoms with van der Waals surface area (Å²) in [4.78, 5) is 0. The molecule has 0 heterocycles. The summed E-state index contributed by atoms with van der Waals surface area (Å²) in [5.41, 5.74) is 13.0. The van der Waals surface area contributed by atoms with Crippen LogP contribution in [0.15, 0.2) is 121 Å². The van der Waals surface area contributed by atoms with Gasteiger partial charge in [0.2, 0.25) is 0 Å². The molecule has 6 rings (SSSR count). The van der Waals surface area contributed by atoms with Crippen LogP contribution in [0.3, 0.4) is 0 Å². The second-order valence-electron chi connectivity index (χ2n) is 9.88. The molecule has 5 aromatic carbocycles. The van der Waals surface area contributed by atoms with Gasteiger partial charge in [-0.3, -0.25) is 0 Å². The predicted molar refractivity (Wildman–Crippen MR) is 150 cm³/mol. The van der Waals surface area contributed by atoms with E-state index >= 15 is 0 Å². The number of benzene rings is 5. The summed E-state index contributed by atoms with van der Waals surface area (Å²) in [6, 6.07) is 43.9. The fourth-order valence-electron chi connectivity index (χ4n) is 5.27. The molecule has 0 nitrogen and oxygen atoms in total. The van der Waals surface area contributed by atoms with Crippen LogP contribution in [0.5, 0.6) is 0 Å². The fourth-order valence-corrected chi connectivity index (χ4v) is 5.27. The molecule has 0 radical (unpaired) electrons. The molecule has 0 fully saturated rings. The number of fused-ring (bicyclic) bond motifs is 3. The highest BCUT2D eigenvalue weighted by Crippen LogP contribution is 2.50. The van der Waals surface area contributed by atoms with E-state index in [2.05, 4.69) is 141 Å². The van der Waals surface area contributed by atoms with E-state index in [-0.39, 0.29) is 5.41 Å². The molecule has 5 aromatic rings. The Morgan fingerprint density at radius 1 is 0.429 bits per heavy atom. The first-order valence-electron chi connectivity index (χ1n) is 12.3. The second kappa shape index (κ2) is 8.56. The molecule has 168 valence electrons. The van der Waals surface area contributed by atoms with Crippen molar-refractivity contribution in [1.29, 1.82) is 0 Å². The van der Waals surface area contributed by atoms with Gasteiger partial charge in [-0.1, -0.05) is 135 Å². The molecule has 0 spiro atoms. The van der Waals surface area contributed by atoms with Crippen LogP contribution >= 0.6 is 0 Å². The molecule has 0 heteroatoms. The monoisotopic (exact) mass is 448 g/mol. The van der Waals surface area contributed by atoms with Crippen LogP contribution in [0.2, 0.25) is 0 Å². The normalized spacial score (nSPS) is 13.5. The second-order valence-corrected chi connectivity index (χ2v) is 9.88. The Hall–Kier alpha value is -4.16. The SMILES string of the molecule is CC1(C)c2cc(-c3ccccc3)ccc2-c2ccc(-c3ccc(/C=C/c4ccccc4)cc3)cc21. The largest absolute Gasteiger partial charge is 0.0622 e. The van der Waals surface area contributed by atoms with Crippen LogP contribution < -0.4 is 0 Å². The molecule has 35 heavy (non-hydrogen) atoms. The average Bonchev–Trinajstić information content (AvgIpc) is 3.14. The maximum atomic E-state index is 2.40. The van der Waals surface area contributed by atoms with E-state index in [1.54, 1.807) is 0 Å². The molecular formula is C35H28. The Morgan fingerprint density at radius 3 is 1.40 bits per heavy atom. The van der Waals surface area contributed by atoms with Gasteiger partial charge in [-0.05, 0) is 67.8 Å². The standard InChI is InChI=1S/C35H28/c1-35(2)33-23-29(27-11-7-4-8-12-27)19-21-31(33)32-22-20-30(24-34(32)35)28-17-15-26(16-18-28)14-13-25-9-5-3-6-10-25/h3-24H,1-2H3/b14-13+. The summed E-state index contributed by atoms with van der Waals surface area (Å²) >= 11 is 0. The minimum atomic E-state index is -0.0379. The van der Waals surface area contributed by atoms with Gasteiger partial charge in [-0.2, -0.15) is 0 Å². The highest BCUT2D eigenvalue weighted by Gasteiger charge is 2.35. The summed E-state index contributed by atoms with van der Waals surface area (Å²) in [6.45, 7) is 4.71. The Bertz CT molecular complexity index is 1520. The van der Waals surface area contributed by atoms with Crippen LogP contribution in [0.1, 0.15) is 36.1 Å². The van der Waals surface area contributed by atoms with Gasteiger partial charge in [0, 0.05) is 5.41 Å². The minimum absolute atomic E-state index is 0.0379. The lowest BCUT2D eigenvalue weighted by Crippen LogP contribution is -2.15. The molecule has 0 amide bonds. The van der Waals surface area contributed by atoms with Crippen LogP contribution in [0.4, 0.5) is 0 Å². The van der Waals surface area contributed by atoms with Crippen molar-refractivity contribution in [2.75, 3.05) is 0 Å². The molecule has 0 aliphatic heterocycles. The smallest absolute Gasteiger partial charge is 0.0159 e. The zero-order chi connectivity index (χ0) is 23.8. The lowest BCUT2D eigenvalue weighted by atomic mass is 9.81. The van der Waals surface area contributed by atoms with Gasteiger partial charge < -0.3 is 0 Å². The predicted octanol–water partition coefficient (Wildman–Crippen LogP) is 9.50. The maximum absolute atomic E-state index is 2.40. The van der Waals surface area contributed by atoms with E-state index in [1.165, 1.54) is 55.6 Å². The first-order valence-corrected chi connectivity index (χ1v) is 12.3. The van der Waals surface area contributed by atoms with E-state index in [0.29, 0.717) is 0 Å². The van der Waals surface area contributed by atoms with Gasteiger partial charge in [-0.15, -0.1) is 0 Å². The van der Waals surface area contributed by atoms with Gasteiger partial charge in [0.15, 0.2) is 0 Å². The fraction of sp³-hybridized carbons (Fsp3) is 0.0857. The molecule has 0 aromatic heterocycles. The average molecular weight is 449 g/mol. The summed E-state index contributed by atoms with van der Waals surface area (Å²) in [6.07, 6.45) is 4.33. The summed E-state index contributed by atoms with van der Waals surface area (Å²) in [7, 11) is 0. The minimum Gasteiger partial charge on any atom is -0.0622 e. The van der Waals surface area contributed by atoms with Crippen molar-refractivity contribution in [2.24, 2.45) is 0 Å². The zero-order valence-corrected chi connectivity index (χ0v) is 20.2. The van der Waals surface area contributed by atoms with Crippen molar-refractivity contribution in [1.82, 2.24) is 0 Å². The third-order valence-electron chi connectivity index (χ3n) is 7.29. The Morgan fingerprint density at radius 2 is 0.857 bits per heavy atom. The highest BCUT2D eigenvalue weighted by atomic mass is 14.4. The van der Waals surface area contributed by atoms with Crippen molar-refractivity contribution in [3.05, 3.63) is 144 Å². The van der Waals surface area contributed by atoms with Crippen LogP contribution in [0, 0.1) is 0 Å². The zero-order valence-electron chi connectivity index (χ0n) is 20.2. The highest BCUT2D eigenvalue weighted by molar-refractivity contribution is 5.86. The number of rotatable bonds is 4. The first-order chi connectivity index (χ1) is 17.1. The van der Waals surface area contributed by atoms with Crippen molar-refractivity contribution >= 4 is 12.2 Å². The number of hydrogen-bond acceptors (Lipinski definition) is 0. The molecule has 0 unspecified atom stereocenters. The van der Waals surface area contributed by atoms with Gasteiger partial charge in [0.05, 0.1) is 0 Å². The Labute approximate surface area is 208 Å². The Kier molecular flexibility index (Phi) is 5.23. The lowest BCUT2D eigenvalue weighted by Gasteiger charge is -2.22. The van der Waals surface area contributed by atoms with Crippen LogP contribution in [-0.4, -0.2) is 0 Å².